The normalized spacial score (nSPS) is 10.4. The van der Waals surface area contributed by atoms with Crippen molar-refractivity contribution in [3.05, 3.63) is 27.9 Å². The summed E-state index contributed by atoms with van der Waals surface area (Å²) in [6, 6.07) is 1.61. The van der Waals surface area contributed by atoms with E-state index in [-0.39, 0.29) is 18.9 Å². The Hall–Kier alpha value is -1.73. The van der Waals surface area contributed by atoms with Crippen LogP contribution < -0.4 is 4.90 Å². The largest absolute Gasteiger partial charge is 0.394 e. The fraction of sp³-hybridized carbons (Fsp3) is 0.545. The summed E-state index contributed by atoms with van der Waals surface area (Å²) < 4.78 is 5.12. The fourth-order valence-corrected chi connectivity index (χ4v) is 1.52. The molecule has 1 rings (SSSR count). The Bertz CT molecular complexity index is 411. The third-order valence-corrected chi connectivity index (χ3v) is 2.46. The molecule has 7 heteroatoms. The minimum absolute atomic E-state index is 0.0159. The quantitative estimate of drug-likeness (QED) is 0.439. The molecule has 100 valence electrons. The molecule has 0 saturated carbocycles. The van der Waals surface area contributed by atoms with Gasteiger partial charge in [0.1, 0.15) is 0 Å². The molecule has 0 saturated heterocycles. The maximum atomic E-state index is 11.0. The average molecular weight is 255 g/mol. The SMILES string of the molecule is Cc1ccnc(N(C)CCOCCO)c1[N+](=O)[O-]. The highest BCUT2D eigenvalue weighted by atomic mass is 16.6. The van der Waals surface area contributed by atoms with Gasteiger partial charge in [0, 0.05) is 25.4 Å². The molecule has 7 nitrogen and oxygen atoms in total. The van der Waals surface area contributed by atoms with E-state index in [0.29, 0.717) is 24.5 Å². The van der Waals surface area contributed by atoms with E-state index >= 15 is 0 Å². The lowest BCUT2D eigenvalue weighted by atomic mass is 10.2. The smallest absolute Gasteiger partial charge is 0.314 e. The highest BCUT2D eigenvalue weighted by molar-refractivity contribution is 5.61. The van der Waals surface area contributed by atoms with Crippen molar-refractivity contribution in [2.45, 2.75) is 6.92 Å². The molecule has 0 aliphatic heterocycles. The molecule has 1 aromatic heterocycles. The predicted molar refractivity (Wildman–Crippen MR) is 66.8 cm³/mol. The Kier molecular flexibility index (Phi) is 5.47. The van der Waals surface area contributed by atoms with E-state index in [9.17, 15) is 10.1 Å². The molecule has 0 spiro atoms. The van der Waals surface area contributed by atoms with Gasteiger partial charge in [-0.3, -0.25) is 10.1 Å². The monoisotopic (exact) mass is 255 g/mol. The summed E-state index contributed by atoms with van der Waals surface area (Å²) in [4.78, 5) is 16.3. The molecular formula is C11H17N3O4. The van der Waals surface area contributed by atoms with E-state index in [0.717, 1.165) is 0 Å². The number of likely N-dealkylation sites (N-methyl/N-ethyl adjacent to an activating group) is 1. The fourth-order valence-electron chi connectivity index (χ4n) is 1.52. The van der Waals surface area contributed by atoms with Gasteiger partial charge >= 0.3 is 5.69 Å². The van der Waals surface area contributed by atoms with Crippen molar-refractivity contribution in [1.29, 1.82) is 0 Å². The lowest BCUT2D eigenvalue weighted by Gasteiger charge is -2.18. The summed E-state index contributed by atoms with van der Waals surface area (Å²) in [7, 11) is 1.72. The summed E-state index contributed by atoms with van der Waals surface area (Å²) in [5.74, 6) is 0.326. The van der Waals surface area contributed by atoms with Crippen LogP contribution in [0.4, 0.5) is 11.5 Å². The Morgan fingerprint density at radius 1 is 1.56 bits per heavy atom. The van der Waals surface area contributed by atoms with E-state index in [4.69, 9.17) is 9.84 Å². The van der Waals surface area contributed by atoms with E-state index in [1.54, 1.807) is 31.1 Å². The molecule has 1 aromatic rings. The first-order valence-corrected chi connectivity index (χ1v) is 5.57. The molecule has 0 bridgehead atoms. The first kappa shape index (κ1) is 14.3. The molecular weight excluding hydrogens is 238 g/mol. The predicted octanol–water partition coefficient (Wildman–Crippen LogP) is 0.743. The summed E-state index contributed by atoms with van der Waals surface area (Å²) in [5.41, 5.74) is 0.593. The van der Waals surface area contributed by atoms with E-state index < -0.39 is 4.92 Å². The molecule has 0 aliphatic rings. The van der Waals surface area contributed by atoms with Gasteiger partial charge in [-0.15, -0.1) is 0 Å². The Balaban J connectivity index is 2.76. The van der Waals surface area contributed by atoms with Gasteiger partial charge in [0.25, 0.3) is 0 Å². The summed E-state index contributed by atoms with van der Waals surface area (Å²) in [5, 5.41) is 19.6. The number of ether oxygens (including phenoxy) is 1. The lowest BCUT2D eigenvalue weighted by molar-refractivity contribution is -0.384. The van der Waals surface area contributed by atoms with Gasteiger partial charge in [-0.1, -0.05) is 0 Å². The van der Waals surface area contributed by atoms with Crippen LogP contribution in [0.5, 0.6) is 0 Å². The summed E-state index contributed by atoms with van der Waals surface area (Å²) in [6.07, 6.45) is 1.54. The third-order valence-electron chi connectivity index (χ3n) is 2.46. The molecule has 1 heterocycles. The molecule has 0 unspecified atom stereocenters. The van der Waals surface area contributed by atoms with Gasteiger partial charge < -0.3 is 14.7 Å². The molecule has 18 heavy (non-hydrogen) atoms. The number of aromatic nitrogens is 1. The van der Waals surface area contributed by atoms with Crippen molar-refractivity contribution in [2.75, 3.05) is 38.3 Å². The molecule has 0 aromatic carbocycles. The van der Waals surface area contributed by atoms with Gasteiger partial charge in [-0.25, -0.2) is 4.98 Å². The van der Waals surface area contributed by atoms with Crippen LogP contribution in [-0.2, 0) is 4.74 Å². The first-order chi connectivity index (χ1) is 8.57. The zero-order chi connectivity index (χ0) is 13.5. The topological polar surface area (TPSA) is 88.7 Å². The van der Waals surface area contributed by atoms with E-state index in [2.05, 4.69) is 4.98 Å². The molecule has 0 radical (unpaired) electrons. The lowest BCUT2D eigenvalue weighted by Crippen LogP contribution is -2.25. The van der Waals surface area contributed by atoms with Crippen LogP contribution >= 0.6 is 0 Å². The Labute approximate surface area is 105 Å². The van der Waals surface area contributed by atoms with Gasteiger partial charge in [-0.05, 0) is 13.0 Å². The second kappa shape index (κ2) is 6.87. The maximum Gasteiger partial charge on any atom is 0.314 e. The number of nitro groups is 1. The number of rotatable bonds is 7. The second-order valence-corrected chi connectivity index (χ2v) is 3.81. The van der Waals surface area contributed by atoms with Crippen molar-refractivity contribution in [3.8, 4) is 0 Å². The Morgan fingerprint density at radius 2 is 2.28 bits per heavy atom. The molecule has 0 amide bonds. The zero-order valence-electron chi connectivity index (χ0n) is 10.5. The summed E-state index contributed by atoms with van der Waals surface area (Å²) >= 11 is 0. The van der Waals surface area contributed by atoms with Crippen LogP contribution in [0.3, 0.4) is 0 Å². The van der Waals surface area contributed by atoms with Crippen molar-refractivity contribution >= 4 is 11.5 Å². The average Bonchev–Trinajstić information content (AvgIpc) is 2.33. The maximum absolute atomic E-state index is 11.0. The van der Waals surface area contributed by atoms with E-state index in [1.807, 2.05) is 0 Å². The second-order valence-electron chi connectivity index (χ2n) is 3.81. The minimum atomic E-state index is -0.428. The number of aliphatic hydroxyl groups excluding tert-OH is 1. The molecule has 0 aliphatic carbocycles. The highest BCUT2D eigenvalue weighted by Gasteiger charge is 2.21. The van der Waals surface area contributed by atoms with Crippen molar-refractivity contribution in [2.24, 2.45) is 0 Å². The number of aryl methyl sites for hydroxylation is 1. The van der Waals surface area contributed by atoms with Crippen LogP contribution in [0.25, 0.3) is 0 Å². The van der Waals surface area contributed by atoms with Crippen molar-refractivity contribution in [3.63, 3.8) is 0 Å². The van der Waals surface area contributed by atoms with Gasteiger partial charge in [0.15, 0.2) is 0 Å². The van der Waals surface area contributed by atoms with Crippen LogP contribution in [0.1, 0.15) is 5.56 Å². The third kappa shape index (κ3) is 3.64. The van der Waals surface area contributed by atoms with Crippen molar-refractivity contribution < 1.29 is 14.8 Å². The molecule has 0 fully saturated rings. The Morgan fingerprint density at radius 3 is 2.89 bits per heavy atom. The van der Waals surface area contributed by atoms with Crippen LogP contribution in [0, 0.1) is 17.0 Å². The molecule has 0 atom stereocenters. The number of nitrogens with zero attached hydrogens (tertiary/aromatic N) is 3. The zero-order valence-corrected chi connectivity index (χ0v) is 10.5. The van der Waals surface area contributed by atoms with Crippen LogP contribution in [0.15, 0.2) is 12.3 Å². The number of anilines is 1. The van der Waals surface area contributed by atoms with Gasteiger partial charge in [0.2, 0.25) is 5.82 Å². The van der Waals surface area contributed by atoms with Crippen LogP contribution in [0.2, 0.25) is 0 Å². The first-order valence-electron chi connectivity index (χ1n) is 5.57. The van der Waals surface area contributed by atoms with Gasteiger partial charge in [-0.2, -0.15) is 0 Å². The van der Waals surface area contributed by atoms with E-state index in [1.165, 1.54) is 0 Å². The number of hydrogen-bond acceptors (Lipinski definition) is 6. The molecule has 1 N–H and O–H groups in total. The number of hydrogen-bond donors (Lipinski definition) is 1. The van der Waals surface area contributed by atoms with Crippen molar-refractivity contribution in [1.82, 2.24) is 4.98 Å². The highest BCUT2D eigenvalue weighted by Crippen LogP contribution is 2.27. The minimum Gasteiger partial charge on any atom is -0.394 e. The number of aliphatic hydroxyl groups is 1. The number of pyridine rings is 1. The van der Waals surface area contributed by atoms with Gasteiger partial charge in [0.05, 0.1) is 24.7 Å². The summed E-state index contributed by atoms with van der Waals surface area (Å²) in [6.45, 7) is 2.75. The standard InChI is InChI=1S/C11H17N3O4/c1-9-3-4-12-11(10(9)14(16)17)13(2)5-7-18-8-6-15/h3-4,15H,5-8H2,1-2H3. The van der Waals surface area contributed by atoms with Crippen LogP contribution in [-0.4, -0.2) is 48.4 Å².